The first-order valence-electron chi connectivity index (χ1n) is 21.1. The van der Waals surface area contributed by atoms with E-state index in [9.17, 15) is 33.3 Å². The van der Waals surface area contributed by atoms with Gasteiger partial charge in [-0.3, -0.25) is 28.5 Å². The highest BCUT2D eigenvalue weighted by atomic mass is 31.2. The van der Waals surface area contributed by atoms with Gasteiger partial charge in [-0.2, -0.15) is 0 Å². The fourth-order valence-electron chi connectivity index (χ4n) is 7.54. The van der Waals surface area contributed by atoms with Crippen LogP contribution in [0.5, 0.6) is 0 Å². The summed E-state index contributed by atoms with van der Waals surface area (Å²) in [5, 5.41) is 8.30. The average Bonchev–Trinajstić information content (AvgIpc) is 3.76. The maximum Gasteiger partial charge on any atom is 0.409 e. The Labute approximate surface area is 356 Å². The predicted octanol–water partition coefficient (Wildman–Crippen LogP) is 2.84. The summed E-state index contributed by atoms with van der Waals surface area (Å²) >= 11 is 0. The Bertz CT molecular complexity index is 1890. The second-order valence-corrected chi connectivity index (χ2v) is 17.6. The Morgan fingerprint density at radius 2 is 1.36 bits per heavy atom. The van der Waals surface area contributed by atoms with E-state index in [1.165, 1.54) is 29.7 Å². The number of piperazine rings is 1. The van der Waals surface area contributed by atoms with E-state index in [0.29, 0.717) is 37.5 Å². The molecule has 1 saturated carbocycles. The number of hydrogen-bond donors (Lipinski definition) is 3. The van der Waals surface area contributed by atoms with Crippen molar-refractivity contribution in [1.82, 2.24) is 35.3 Å². The summed E-state index contributed by atoms with van der Waals surface area (Å²) in [4.78, 5) is 94.1. The molecule has 19 nitrogen and oxygen atoms in total. The molecule has 1 aromatic carbocycles. The number of carbonyl (C=O) groups excluding carboxylic acids is 6. The number of benzene rings is 1. The normalized spacial score (nSPS) is 20.6. The first-order valence-corrected chi connectivity index (χ1v) is 23.0. The molecule has 3 heterocycles. The highest BCUT2D eigenvalue weighted by Crippen LogP contribution is 2.53. The zero-order valence-corrected chi connectivity index (χ0v) is 36.7. The minimum absolute atomic E-state index is 0.0493. The van der Waals surface area contributed by atoms with E-state index in [1.807, 2.05) is 30.0 Å². The minimum atomic E-state index is -4.17. The molecular formula is C41H59N8O11P. The topological polar surface area (TPSA) is 228 Å². The summed E-state index contributed by atoms with van der Waals surface area (Å²) in [6, 6.07) is 6.75. The van der Waals surface area contributed by atoms with Gasteiger partial charge >= 0.3 is 24.0 Å². The van der Waals surface area contributed by atoms with Crippen LogP contribution >= 0.6 is 7.44 Å². The van der Waals surface area contributed by atoms with Crippen LogP contribution in [0, 0.1) is 17.8 Å². The van der Waals surface area contributed by atoms with E-state index in [2.05, 4.69) is 20.5 Å². The average molecular weight is 871 g/mol. The second-order valence-electron chi connectivity index (χ2n) is 15.2. The fourth-order valence-corrected chi connectivity index (χ4v) is 10.0. The lowest BCUT2D eigenvalue weighted by Gasteiger charge is -2.37. The Kier molecular flexibility index (Phi) is 16.6. The predicted molar refractivity (Wildman–Crippen MR) is 223 cm³/mol. The number of rotatable bonds is 20. The molecule has 3 N–H and O–H groups in total. The lowest BCUT2D eigenvalue weighted by atomic mass is 10.2. The number of nitrogens with zero attached hydrogens (tertiary/aromatic N) is 5. The summed E-state index contributed by atoms with van der Waals surface area (Å²) in [7, 11) is -4.17. The number of esters is 3. The number of unbranched alkanes of at least 4 members (excludes halogenated alkanes) is 1. The molecule has 61 heavy (non-hydrogen) atoms. The van der Waals surface area contributed by atoms with Gasteiger partial charge in [0, 0.05) is 50.9 Å². The van der Waals surface area contributed by atoms with Crippen LogP contribution in [-0.2, 0) is 42.7 Å². The lowest BCUT2D eigenvalue weighted by Crippen LogP contribution is -2.57. The Balaban J connectivity index is 1.46. The SMILES string of the molecule is CCCCOC(=O)N1CCN(C(=O)C(CP(=O)(N[C@@H](C)C(=O)OCC)N[C@H](C)C(=O)OCC)NC(=O)c2cc(N3C[C@@H]4C(C(=O)OCC)[C@@H]4C3)nc(-c3ccccc3)n2)CC1. The highest BCUT2D eigenvalue weighted by Gasteiger charge is 2.60. The number of ether oxygens (including phenoxy) is 4. The monoisotopic (exact) mass is 870 g/mol. The van der Waals surface area contributed by atoms with Gasteiger partial charge in [-0.15, -0.1) is 0 Å². The van der Waals surface area contributed by atoms with Crippen LogP contribution in [-0.4, -0.2) is 146 Å². The molecule has 7 atom stereocenters. The molecule has 1 aromatic heterocycles. The zero-order valence-electron chi connectivity index (χ0n) is 35.8. The molecule has 20 heteroatoms. The van der Waals surface area contributed by atoms with Gasteiger partial charge in [-0.25, -0.2) is 24.9 Å². The van der Waals surface area contributed by atoms with Crippen LogP contribution in [0.4, 0.5) is 10.6 Å². The second kappa shape index (κ2) is 21.6. The quantitative estimate of drug-likeness (QED) is 0.0752. The van der Waals surface area contributed by atoms with Crippen molar-refractivity contribution >= 4 is 49.1 Å². The van der Waals surface area contributed by atoms with Gasteiger partial charge in [0.2, 0.25) is 13.4 Å². The Morgan fingerprint density at radius 1 is 0.787 bits per heavy atom. The Hall–Kier alpha value is -5.13. The van der Waals surface area contributed by atoms with Crippen molar-refractivity contribution in [3.05, 3.63) is 42.1 Å². The van der Waals surface area contributed by atoms with Crippen LogP contribution in [0.25, 0.3) is 11.4 Å². The first kappa shape index (κ1) is 46.9. The molecule has 3 aliphatic rings. The molecule has 2 aliphatic heterocycles. The van der Waals surface area contributed by atoms with E-state index < -0.39 is 61.6 Å². The summed E-state index contributed by atoms with van der Waals surface area (Å²) in [6.45, 7) is 12.0. The maximum atomic E-state index is 15.0. The molecule has 0 bridgehead atoms. The summed E-state index contributed by atoms with van der Waals surface area (Å²) in [5.74, 6) is -2.41. The number of amides is 3. The van der Waals surface area contributed by atoms with Crippen molar-refractivity contribution in [2.75, 3.05) is 76.8 Å². The van der Waals surface area contributed by atoms with E-state index >= 15 is 0 Å². The summed E-state index contributed by atoms with van der Waals surface area (Å²) in [6.07, 6.45) is 0.476. The smallest absolute Gasteiger partial charge is 0.409 e. The van der Waals surface area contributed by atoms with Gasteiger partial charge in [-0.05, 0) is 52.9 Å². The van der Waals surface area contributed by atoms with Crippen molar-refractivity contribution < 1.29 is 52.3 Å². The van der Waals surface area contributed by atoms with E-state index in [4.69, 9.17) is 23.9 Å². The molecule has 3 amide bonds. The molecule has 0 spiro atoms. The van der Waals surface area contributed by atoms with Crippen molar-refractivity contribution in [2.24, 2.45) is 17.8 Å². The molecule has 1 aliphatic carbocycles. The number of anilines is 1. The van der Waals surface area contributed by atoms with Gasteiger partial charge in [0.25, 0.3) is 5.91 Å². The van der Waals surface area contributed by atoms with Crippen LogP contribution in [0.2, 0.25) is 0 Å². The van der Waals surface area contributed by atoms with E-state index in [1.54, 1.807) is 32.9 Å². The van der Waals surface area contributed by atoms with Crippen molar-refractivity contribution in [1.29, 1.82) is 0 Å². The lowest BCUT2D eigenvalue weighted by molar-refractivity contribution is -0.146. The standard InChI is InChI=1S/C41H59N8O11P/c1-7-11-21-60-41(55)48-19-17-47(18-20-48)37(51)32(25-61(56,45-26(5)38(52)57-8-2)46-27(6)39(53)58-9-3)43-36(50)31-22-33(44-35(42-31)28-15-13-12-14-16-28)49-23-29-30(24-49)34(29)40(54)59-10-4/h12-16,22,26-27,29-30,32,34H,7-11,17-21,23-25H2,1-6H3,(H,43,50)(H2,45,46,56)/t26-,27+,29-,30+,32?,34?,61?. The van der Waals surface area contributed by atoms with Gasteiger partial charge in [0.05, 0.1) is 38.5 Å². The van der Waals surface area contributed by atoms with Crippen LogP contribution in [0.1, 0.15) is 64.9 Å². The maximum absolute atomic E-state index is 15.0. The third kappa shape index (κ3) is 12.3. The van der Waals surface area contributed by atoms with Crippen molar-refractivity contribution in [2.45, 2.75) is 72.5 Å². The number of piperidine rings is 1. The fraction of sp³-hybridized carbons (Fsp3) is 0.610. The molecule has 2 saturated heterocycles. The van der Waals surface area contributed by atoms with Crippen molar-refractivity contribution in [3.63, 3.8) is 0 Å². The van der Waals surface area contributed by atoms with Crippen molar-refractivity contribution in [3.8, 4) is 11.4 Å². The number of aromatic nitrogens is 2. The molecule has 3 fully saturated rings. The van der Waals surface area contributed by atoms with Gasteiger partial charge in [-0.1, -0.05) is 43.7 Å². The zero-order chi connectivity index (χ0) is 44.3. The van der Waals surface area contributed by atoms with Gasteiger partial charge in [0.15, 0.2) is 5.82 Å². The molecule has 2 aromatic rings. The molecule has 3 unspecified atom stereocenters. The Morgan fingerprint density at radius 3 is 1.92 bits per heavy atom. The number of nitrogens with one attached hydrogen (secondary N) is 3. The van der Waals surface area contributed by atoms with Crippen LogP contribution in [0.15, 0.2) is 36.4 Å². The third-order valence-electron chi connectivity index (χ3n) is 10.8. The number of carbonyl (C=O) groups is 6. The minimum Gasteiger partial charge on any atom is -0.466 e. The van der Waals surface area contributed by atoms with Gasteiger partial charge < -0.3 is 39.0 Å². The van der Waals surface area contributed by atoms with Crippen LogP contribution in [0.3, 0.4) is 0 Å². The van der Waals surface area contributed by atoms with Gasteiger partial charge in [0.1, 0.15) is 29.6 Å². The first-order chi connectivity index (χ1) is 29.2. The molecule has 5 rings (SSSR count). The van der Waals surface area contributed by atoms with Crippen LogP contribution < -0.4 is 20.4 Å². The number of hydrogen-bond acceptors (Lipinski definition) is 14. The molecule has 334 valence electrons. The molecule has 0 radical (unpaired) electrons. The van der Waals surface area contributed by atoms with E-state index in [-0.39, 0.29) is 81.2 Å². The number of fused-ring (bicyclic) bond motifs is 1. The summed E-state index contributed by atoms with van der Waals surface area (Å²) < 4.78 is 35.9. The molecular weight excluding hydrogens is 811 g/mol. The summed E-state index contributed by atoms with van der Waals surface area (Å²) in [5.41, 5.74) is 0.545. The third-order valence-corrected chi connectivity index (χ3v) is 13.2. The van der Waals surface area contributed by atoms with E-state index in [0.717, 1.165) is 6.42 Å². The largest absolute Gasteiger partial charge is 0.466 e. The highest BCUT2D eigenvalue weighted by molar-refractivity contribution is 7.60.